The molecule has 0 fully saturated rings. The smallest absolute Gasteiger partial charge is 0.203 e. The summed E-state index contributed by atoms with van der Waals surface area (Å²) in [5.74, 6) is 0.0186. The molecule has 2 aromatic rings. The van der Waals surface area contributed by atoms with Gasteiger partial charge >= 0.3 is 0 Å². The zero-order valence-corrected chi connectivity index (χ0v) is 10.0. The zero-order valence-electron chi connectivity index (χ0n) is 9.21. The van der Waals surface area contributed by atoms with E-state index in [-0.39, 0.29) is 5.96 Å². The molecule has 2 rings (SSSR count). The normalized spacial score (nSPS) is 9.88. The highest BCUT2D eigenvalue weighted by Crippen LogP contribution is 2.27. The van der Waals surface area contributed by atoms with Crippen molar-refractivity contribution in [2.45, 2.75) is 4.90 Å². The summed E-state index contributed by atoms with van der Waals surface area (Å²) in [6.45, 7) is 0. The van der Waals surface area contributed by atoms with Crippen molar-refractivity contribution in [2.24, 2.45) is 5.73 Å². The fourth-order valence-corrected chi connectivity index (χ4v) is 2.21. The number of nitrogens with one attached hydrogen (secondary N) is 1. The number of rotatable bonds is 3. The standard InChI is InChI=1S/C13H13N3S/c14-13(15)16(11-7-3-1-4-8-11)17-12-9-5-2-6-10-12/h1-10H,(H3,14,15). The Bertz CT molecular complexity index is 485. The van der Waals surface area contributed by atoms with E-state index < -0.39 is 0 Å². The Balaban J connectivity index is 2.23. The Hall–Kier alpha value is -1.94. The third-order valence-corrected chi connectivity index (χ3v) is 3.22. The van der Waals surface area contributed by atoms with Crippen molar-refractivity contribution in [1.29, 1.82) is 5.41 Å². The first-order valence-corrected chi connectivity index (χ1v) is 5.97. The van der Waals surface area contributed by atoms with Crippen LogP contribution in [-0.2, 0) is 0 Å². The van der Waals surface area contributed by atoms with E-state index in [1.165, 1.54) is 11.9 Å². The SMILES string of the molecule is N=C(N)N(Sc1ccccc1)c1ccccc1. The van der Waals surface area contributed by atoms with Crippen LogP contribution in [0.2, 0.25) is 0 Å². The van der Waals surface area contributed by atoms with Crippen LogP contribution in [0.1, 0.15) is 0 Å². The molecule has 0 amide bonds. The van der Waals surface area contributed by atoms with Crippen molar-refractivity contribution in [3.8, 4) is 0 Å². The summed E-state index contributed by atoms with van der Waals surface area (Å²) in [4.78, 5) is 1.05. The molecule has 0 aliphatic rings. The highest BCUT2D eigenvalue weighted by Gasteiger charge is 2.10. The van der Waals surface area contributed by atoms with Gasteiger partial charge in [0, 0.05) is 4.90 Å². The summed E-state index contributed by atoms with van der Waals surface area (Å²) in [6, 6.07) is 19.5. The summed E-state index contributed by atoms with van der Waals surface area (Å²) in [5.41, 5.74) is 6.50. The van der Waals surface area contributed by atoms with E-state index in [1.807, 2.05) is 60.7 Å². The molecule has 0 unspecified atom stereocenters. The summed E-state index contributed by atoms with van der Waals surface area (Å²) < 4.78 is 1.69. The van der Waals surface area contributed by atoms with Crippen LogP contribution in [-0.4, -0.2) is 5.96 Å². The van der Waals surface area contributed by atoms with Gasteiger partial charge in [0.2, 0.25) is 5.96 Å². The van der Waals surface area contributed by atoms with Crippen LogP contribution in [0.25, 0.3) is 0 Å². The number of anilines is 1. The molecular formula is C13H13N3S. The lowest BCUT2D eigenvalue weighted by Gasteiger charge is -2.20. The fourth-order valence-electron chi connectivity index (χ4n) is 1.39. The van der Waals surface area contributed by atoms with Gasteiger partial charge in [-0.05, 0) is 36.2 Å². The monoisotopic (exact) mass is 243 g/mol. The molecule has 3 N–H and O–H groups in total. The molecule has 0 radical (unpaired) electrons. The van der Waals surface area contributed by atoms with Crippen LogP contribution in [0.3, 0.4) is 0 Å². The van der Waals surface area contributed by atoms with Gasteiger partial charge in [0.1, 0.15) is 0 Å². The van der Waals surface area contributed by atoms with Gasteiger partial charge in [-0.25, -0.2) is 0 Å². The Kier molecular flexibility index (Phi) is 3.67. The minimum absolute atomic E-state index is 0.0186. The summed E-state index contributed by atoms with van der Waals surface area (Å²) >= 11 is 1.43. The highest BCUT2D eigenvalue weighted by molar-refractivity contribution is 8.01. The first-order valence-electron chi connectivity index (χ1n) is 5.19. The van der Waals surface area contributed by atoms with Crippen molar-refractivity contribution in [3.05, 3.63) is 60.7 Å². The van der Waals surface area contributed by atoms with Crippen molar-refractivity contribution in [1.82, 2.24) is 0 Å². The van der Waals surface area contributed by atoms with Crippen LogP contribution < -0.4 is 10.0 Å². The maximum absolute atomic E-state index is 7.62. The second-order valence-electron chi connectivity index (χ2n) is 3.42. The Morgan fingerprint density at radius 3 is 2.00 bits per heavy atom. The van der Waals surface area contributed by atoms with Crippen LogP contribution in [0.4, 0.5) is 5.69 Å². The van der Waals surface area contributed by atoms with E-state index in [1.54, 1.807) is 4.31 Å². The lowest BCUT2D eigenvalue weighted by molar-refractivity contribution is 1.33. The Morgan fingerprint density at radius 2 is 1.47 bits per heavy atom. The largest absolute Gasteiger partial charge is 0.369 e. The topological polar surface area (TPSA) is 53.1 Å². The van der Waals surface area contributed by atoms with Gasteiger partial charge in [-0.15, -0.1) is 0 Å². The molecule has 2 aromatic carbocycles. The van der Waals surface area contributed by atoms with Crippen LogP contribution >= 0.6 is 11.9 Å². The lowest BCUT2D eigenvalue weighted by Crippen LogP contribution is -2.30. The molecule has 0 bridgehead atoms. The molecule has 0 atom stereocenters. The van der Waals surface area contributed by atoms with Gasteiger partial charge in [-0.1, -0.05) is 36.4 Å². The van der Waals surface area contributed by atoms with E-state index in [2.05, 4.69) is 0 Å². The van der Waals surface area contributed by atoms with Gasteiger partial charge in [0.25, 0.3) is 0 Å². The molecule has 4 heteroatoms. The molecule has 3 nitrogen and oxygen atoms in total. The maximum atomic E-state index is 7.62. The van der Waals surface area contributed by atoms with Crippen molar-refractivity contribution in [2.75, 3.05) is 4.31 Å². The number of hydrogen-bond acceptors (Lipinski definition) is 2. The molecule has 0 saturated heterocycles. The molecule has 0 heterocycles. The van der Waals surface area contributed by atoms with E-state index in [0.29, 0.717) is 0 Å². The Labute approximate surface area is 105 Å². The van der Waals surface area contributed by atoms with E-state index >= 15 is 0 Å². The second-order valence-corrected chi connectivity index (χ2v) is 4.44. The summed E-state index contributed by atoms with van der Waals surface area (Å²) in [6.07, 6.45) is 0. The molecule has 0 aromatic heterocycles. The number of nitrogens with zero attached hydrogens (tertiary/aromatic N) is 1. The van der Waals surface area contributed by atoms with Crippen LogP contribution in [0, 0.1) is 5.41 Å². The molecule has 0 aliphatic heterocycles. The van der Waals surface area contributed by atoms with E-state index in [9.17, 15) is 0 Å². The minimum Gasteiger partial charge on any atom is -0.369 e. The predicted octanol–water partition coefficient (Wildman–Crippen LogP) is 3.09. The third kappa shape index (κ3) is 3.01. The maximum Gasteiger partial charge on any atom is 0.203 e. The van der Waals surface area contributed by atoms with E-state index in [0.717, 1.165) is 10.6 Å². The average molecular weight is 243 g/mol. The van der Waals surface area contributed by atoms with Gasteiger partial charge < -0.3 is 5.73 Å². The molecular weight excluding hydrogens is 230 g/mol. The summed E-state index contributed by atoms with van der Waals surface area (Å²) in [5, 5.41) is 7.62. The summed E-state index contributed by atoms with van der Waals surface area (Å²) in [7, 11) is 0. The van der Waals surface area contributed by atoms with Crippen molar-refractivity contribution >= 4 is 23.6 Å². The first kappa shape index (κ1) is 11.5. The Morgan fingerprint density at radius 1 is 0.941 bits per heavy atom. The quantitative estimate of drug-likeness (QED) is 0.495. The molecule has 17 heavy (non-hydrogen) atoms. The number of benzene rings is 2. The predicted molar refractivity (Wildman–Crippen MR) is 73.1 cm³/mol. The van der Waals surface area contributed by atoms with Crippen molar-refractivity contribution < 1.29 is 0 Å². The van der Waals surface area contributed by atoms with Gasteiger partial charge in [0.05, 0.1) is 5.69 Å². The third-order valence-electron chi connectivity index (χ3n) is 2.15. The highest BCUT2D eigenvalue weighted by atomic mass is 32.2. The zero-order chi connectivity index (χ0) is 12.1. The molecule has 0 spiro atoms. The number of hydrogen-bond donors (Lipinski definition) is 2. The molecule has 0 aliphatic carbocycles. The van der Waals surface area contributed by atoms with Gasteiger partial charge in [0.15, 0.2) is 0 Å². The second kappa shape index (κ2) is 5.41. The van der Waals surface area contributed by atoms with Crippen molar-refractivity contribution in [3.63, 3.8) is 0 Å². The fraction of sp³-hybridized carbons (Fsp3) is 0. The van der Waals surface area contributed by atoms with Crippen LogP contribution in [0.15, 0.2) is 65.6 Å². The lowest BCUT2D eigenvalue weighted by atomic mass is 10.3. The van der Waals surface area contributed by atoms with Crippen LogP contribution in [0.5, 0.6) is 0 Å². The molecule has 86 valence electrons. The van der Waals surface area contributed by atoms with Gasteiger partial charge in [-0.3, -0.25) is 9.71 Å². The average Bonchev–Trinajstić information content (AvgIpc) is 2.38. The minimum atomic E-state index is 0.0186. The van der Waals surface area contributed by atoms with E-state index in [4.69, 9.17) is 11.1 Å². The first-order chi connectivity index (χ1) is 8.27. The number of guanidine groups is 1. The number of para-hydroxylation sites is 1. The molecule has 0 saturated carbocycles. The van der Waals surface area contributed by atoms with Gasteiger partial charge in [-0.2, -0.15) is 0 Å². The number of nitrogens with two attached hydrogens (primary N) is 1.